The fourth-order valence-electron chi connectivity index (χ4n) is 2.19. The molecular weight excluding hydrogens is 304 g/mol. The third kappa shape index (κ3) is 2.57. The van der Waals surface area contributed by atoms with Crippen LogP contribution in [0.3, 0.4) is 0 Å². The maximum absolute atomic E-state index is 12.8. The van der Waals surface area contributed by atoms with Gasteiger partial charge in [0, 0.05) is 10.6 Å². The molecule has 3 nitrogen and oxygen atoms in total. The summed E-state index contributed by atoms with van der Waals surface area (Å²) >= 11 is 7.44. The molecule has 0 atom stereocenters. The zero-order valence-corrected chi connectivity index (χ0v) is 13.2. The zero-order chi connectivity index (χ0) is 15.0. The van der Waals surface area contributed by atoms with Gasteiger partial charge in [-0.05, 0) is 43.5 Å². The van der Waals surface area contributed by atoms with Crippen LogP contribution in [0.2, 0.25) is 5.02 Å². The molecule has 0 N–H and O–H groups in total. The smallest absolute Gasteiger partial charge is 0.264 e. The Balaban J connectivity index is 2.18. The molecule has 0 aliphatic rings. The number of benzene rings is 2. The summed E-state index contributed by atoms with van der Waals surface area (Å²) in [6, 6.07) is 12.9. The molecule has 0 aliphatic carbocycles. The summed E-state index contributed by atoms with van der Waals surface area (Å²) in [6.07, 6.45) is 1.90. The van der Waals surface area contributed by atoms with Gasteiger partial charge in [-0.1, -0.05) is 41.1 Å². The quantitative estimate of drug-likeness (QED) is 0.657. The summed E-state index contributed by atoms with van der Waals surface area (Å²) in [6.45, 7) is 2.00. The van der Waals surface area contributed by atoms with E-state index in [1.54, 1.807) is 16.7 Å². The van der Waals surface area contributed by atoms with Crippen LogP contribution in [0.5, 0.6) is 0 Å². The first-order valence-corrected chi connectivity index (χ1v) is 8.04. The maximum Gasteiger partial charge on any atom is 0.264 e. The van der Waals surface area contributed by atoms with Crippen molar-refractivity contribution in [3.8, 4) is 0 Å². The predicted octanol–water partition coefficient (Wildman–Crippen LogP) is 4.41. The Kier molecular flexibility index (Phi) is 3.74. The predicted molar refractivity (Wildman–Crippen MR) is 87.4 cm³/mol. The van der Waals surface area contributed by atoms with Crippen LogP contribution in [0, 0.1) is 6.92 Å². The minimum atomic E-state index is -0.0795. The molecule has 1 heterocycles. The molecule has 0 unspecified atom stereocenters. The van der Waals surface area contributed by atoms with Crippen LogP contribution in [0.1, 0.15) is 15.9 Å². The lowest BCUT2D eigenvalue weighted by Crippen LogP contribution is -2.12. The average Bonchev–Trinajstić information content (AvgIpc) is 2.84. The van der Waals surface area contributed by atoms with E-state index >= 15 is 0 Å². The third-order valence-corrected chi connectivity index (χ3v) is 4.14. The van der Waals surface area contributed by atoms with Gasteiger partial charge >= 0.3 is 0 Å². The first-order valence-electron chi connectivity index (χ1n) is 6.43. The Morgan fingerprint density at radius 1 is 1.19 bits per heavy atom. The van der Waals surface area contributed by atoms with Crippen molar-refractivity contribution in [3.05, 3.63) is 58.6 Å². The molecular formula is C16H13ClN2OS. The second kappa shape index (κ2) is 5.54. The largest absolute Gasteiger partial charge is 0.268 e. The van der Waals surface area contributed by atoms with Crippen molar-refractivity contribution in [2.45, 2.75) is 12.1 Å². The van der Waals surface area contributed by atoms with Gasteiger partial charge in [-0.25, -0.2) is 4.98 Å². The molecule has 0 bridgehead atoms. The molecule has 0 fully saturated rings. The molecule has 5 heteroatoms. The number of halogens is 1. The molecule has 3 rings (SSSR count). The normalized spacial score (nSPS) is 11.0. The highest BCUT2D eigenvalue weighted by atomic mass is 35.5. The standard InChI is InChI=1S/C16H13ClN2OS/c1-10-3-5-11(6-4-10)15(20)19-14-8-7-12(17)9-13(14)18-16(19)21-2/h3-9H,1-2H3. The first-order chi connectivity index (χ1) is 10.1. The Labute approximate surface area is 131 Å². The first kappa shape index (κ1) is 14.2. The van der Waals surface area contributed by atoms with E-state index in [0.29, 0.717) is 15.7 Å². The van der Waals surface area contributed by atoms with E-state index in [0.717, 1.165) is 16.6 Å². The van der Waals surface area contributed by atoms with Crippen LogP contribution in [0.4, 0.5) is 0 Å². The van der Waals surface area contributed by atoms with Crippen molar-refractivity contribution in [2.75, 3.05) is 6.26 Å². The van der Waals surface area contributed by atoms with E-state index in [-0.39, 0.29) is 5.91 Å². The molecule has 21 heavy (non-hydrogen) atoms. The number of rotatable bonds is 2. The summed E-state index contributed by atoms with van der Waals surface area (Å²) in [7, 11) is 0. The monoisotopic (exact) mass is 316 g/mol. The van der Waals surface area contributed by atoms with E-state index in [9.17, 15) is 4.79 Å². The summed E-state index contributed by atoms with van der Waals surface area (Å²) in [5.74, 6) is -0.0795. The van der Waals surface area contributed by atoms with Crippen LogP contribution in [-0.4, -0.2) is 21.7 Å². The van der Waals surface area contributed by atoms with Crippen molar-refractivity contribution in [1.29, 1.82) is 0 Å². The Morgan fingerprint density at radius 3 is 2.57 bits per heavy atom. The van der Waals surface area contributed by atoms with Gasteiger partial charge in [0.05, 0.1) is 11.0 Å². The lowest BCUT2D eigenvalue weighted by molar-refractivity contribution is 0.0955. The highest BCUT2D eigenvalue weighted by Gasteiger charge is 2.17. The minimum absolute atomic E-state index is 0.0795. The maximum atomic E-state index is 12.8. The van der Waals surface area contributed by atoms with Gasteiger partial charge in [-0.15, -0.1) is 0 Å². The van der Waals surface area contributed by atoms with Crippen LogP contribution in [-0.2, 0) is 0 Å². The van der Waals surface area contributed by atoms with Crippen molar-refractivity contribution in [2.24, 2.45) is 0 Å². The van der Waals surface area contributed by atoms with Gasteiger partial charge < -0.3 is 0 Å². The number of nitrogens with zero attached hydrogens (tertiary/aromatic N) is 2. The Hall–Kier alpha value is -1.78. The Morgan fingerprint density at radius 2 is 1.90 bits per heavy atom. The molecule has 0 saturated heterocycles. The number of aromatic nitrogens is 2. The summed E-state index contributed by atoms with van der Waals surface area (Å²) in [5.41, 5.74) is 3.27. The fraction of sp³-hybridized carbons (Fsp3) is 0.125. The lowest BCUT2D eigenvalue weighted by atomic mass is 10.1. The molecule has 106 valence electrons. The minimum Gasteiger partial charge on any atom is -0.268 e. The van der Waals surface area contributed by atoms with E-state index in [1.165, 1.54) is 11.8 Å². The van der Waals surface area contributed by atoms with Crippen LogP contribution in [0.25, 0.3) is 11.0 Å². The summed E-state index contributed by atoms with van der Waals surface area (Å²) in [5, 5.41) is 1.28. The van der Waals surface area contributed by atoms with Crippen molar-refractivity contribution < 1.29 is 4.79 Å². The van der Waals surface area contributed by atoms with E-state index in [1.807, 2.05) is 43.5 Å². The highest BCUT2D eigenvalue weighted by Crippen LogP contribution is 2.26. The third-order valence-electron chi connectivity index (χ3n) is 3.27. The van der Waals surface area contributed by atoms with Gasteiger partial charge in [-0.2, -0.15) is 0 Å². The van der Waals surface area contributed by atoms with E-state index in [4.69, 9.17) is 11.6 Å². The lowest BCUT2D eigenvalue weighted by Gasteiger charge is -2.06. The molecule has 3 aromatic rings. The number of thioether (sulfide) groups is 1. The van der Waals surface area contributed by atoms with Gasteiger partial charge in [0.15, 0.2) is 5.16 Å². The molecule has 0 amide bonds. The number of carbonyl (C=O) groups excluding carboxylic acids is 1. The molecule has 0 saturated carbocycles. The fourth-order valence-corrected chi connectivity index (χ4v) is 2.91. The number of carbonyl (C=O) groups is 1. The molecule has 2 aromatic carbocycles. The van der Waals surface area contributed by atoms with Crippen molar-refractivity contribution >= 4 is 40.3 Å². The summed E-state index contributed by atoms with van der Waals surface area (Å²) in [4.78, 5) is 17.3. The van der Waals surface area contributed by atoms with Gasteiger partial charge in [-0.3, -0.25) is 9.36 Å². The molecule has 0 spiro atoms. The van der Waals surface area contributed by atoms with Crippen molar-refractivity contribution in [3.63, 3.8) is 0 Å². The highest BCUT2D eigenvalue weighted by molar-refractivity contribution is 7.98. The van der Waals surface area contributed by atoms with Gasteiger partial charge in [0.2, 0.25) is 0 Å². The number of hydrogen-bond donors (Lipinski definition) is 0. The Bertz CT molecular complexity index is 824. The molecule has 0 radical (unpaired) electrons. The molecule has 0 aliphatic heterocycles. The number of hydrogen-bond acceptors (Lipinski definition) is 3. The van der Waals surface area contributed by atoms with E-state index in [2.05, 4.69) is 4.98 Å². The van der Waals surface area contributed by atoms with Gasteiger partial charge in [0.25, 0.3) is 5.91 Å². The summed E-state index contributed by atoms with van der Waals surface area (Å²) < 4.78 is 1.64. The number of imidazole rings is 1. The second-order valence-corrected chi connectivity index (χ2v) is 5.95. The topological polar surface area (TPSA) is 34.9 Å². The number of fused-ring (bicyclic) bond motifs is 1. The van der Waals surface area contributed by atoms with Crippen LogP contribution >= 0.6 is 23.4 Å². The van der Waals surface area contributed by atoms with Crippen LogP contribution in [0.15, 0.2) is 47.6 Å². The molecule has 1 aromatic heterocycles. The van der Waals surface area contributed by atoms with Gasteiger partial charge in [0.1, 0.15) is 0 Å². The van der Waals surface area contributed by atoms with Crippen LogP contribution < -0.4 is 0 Å². The van der Waals surface area contributed by atoms with Crippen molar-refractivity contribution in [1.82, 2.24) is 9.55 Å². The second-order valence-electron chi connectivity index (χ2n) is 4.74. The SMILES string of the molecule is CSc1nc2cc(Cl)ccc2n1C(=O)c1ccc(C)cc1. The number of aryl methyl sites for hydroxylation is 1. The van der Waals surface area contributed by atoms with E-state index < -0.39 is 0 Å². The average molecular weight is 317 g/mol. The zero-order valence-electron chi connectivity index (χ0n) is 11.6.